The molecule has 1 aliphatic rings. The van der Waals surface area contributed by atoms with Crippen molar-refractivity contribution in [1.82, 2.24) is 15.0 Å². The Bertz CT molecular complexity index is 933. The fourth-order valence-electron chi connectivity index (χ4n) is 3.42. The van der Waals surface area contributed by atoms with Gasteiger partial charge in [-0.05, 0) is 30.5 Å². The second-order valence-electron chi connectivity index (χ2n) is 6.99. The van der Waals surface area contributed by atoms with Crippen molar-refractivity contribution in [3.8, 4) is 17.1 Å². The largest absolute Gasteiger partial charge is 0.496 e. The predicted octanol–water partition coefficient (Wildman–Crippen LogP) is 3.69. The van der Waals surface area contributed by atoms with E-state index in [0.29, 0.717) is 37.0 Å². The topological polar surface area (TPSA) is 68.5 Å². The summed E-state index contributed by atoms with van der Waals surface area (Å²) in [5.41, 5.74) is 2.07. The summed E-state index contributed by atoms with van der Waals surface area (Å²) in [6.45, 7) is 1.27. The summed E-state index contributed by atoms with van der Waals surface area (Å²) in [5.74, 6) is 2.10. The lowest BCUT2D eigenvalue weighted by Gasteiger charge is -2.37. The molecule has 0 atom stereocenters. The monoisotopic (exact) mass is 377 g/mol. The second-order valence-corrected chi connectivity index (χ2v) is 6.99. The molecule has 0 spiro atoms. The van der Waals surface area contributed by atoms with Gasteiger partial charge in [-0.3, -0.25) is 4.79 Å². The number of rotatable bonds is 7. The number of ether oxygens (including phenoxy) is 1. The molecule has 0 radical (unpaired) electrons. The molecule has 6 nitrogen and oxygen atoms in total. The highest BCUT2D eigenvalue weighted by molar-refractivity contribution is 5.77. The summed E-state index contributed by atoms with van der Waals surface area (Å²) in [7, 11) is 1.62. The molecule has 4 rings (SSSR count). The van der Waals surface area contributed by atoms with Gasteiger partial charge in [0.05, 0.1) is 18.6 Å². The van der Waals surface area contributed by atoms with E-state index in [0.717, 1.165) is 18.4 Å². The molecule has 2 aromatic carbocycles. The van der Waals surface area contributed by atoms with Gasteiger partial charge in [-0.2, -0.15) is 4.98 Å². The van der Waals surface area contributed by atoms with E-state index in [1.807, 2.05) is 47.4 Å². The van der Waals surface area contributed by atoms with Gasteiger partial charge < -0.3 is 14.2 Å². The Morgan fingerprint density at radius 2 is 1.89 bits per heavy atom. The zero-order valence-electron chi connectivity index (χ0n) is 15.9. The number of likely N-dealkylation sites (tertiary alicyclic amines) is 1. The Morgan fingerprint density at radius 1 is 1.14 bits per heavy atom. The third-order valence-electron chi connectivity index (χ3n) is 5.07. The van der Waals surface area contributed by atoms with Gasteiger partial charge in [0, 0.05) is 19.5 Å². The molecule has 1 saturated heterocycles. The Kier molecular flexibility index (Phi) is 5.37. The maximum Gasteiger partial charge on any atom is 0.233 e. The quantitative estimate of drug-likeness (QED) is 0.628. The van der Waals surface area contributed by atoms with E-state index in [-0.39, 0.29) is 11.8 Å². The van der Waals surface area contributed by atoms with Crippen molar-refractivity contribution in [3.05, 3.63) is 66.1 Å². The number of carbonyl (C=O) groups is 1. The number of benzene rings is 2. The summed E-state index contributed by atoms with van der Waals surface area (Å²) in [6, 6.07) is 17.8. The standard InChI is InChI=1S/C22H23N3O3/c1-27-19-12-6-5-11-18(19)21-23-22(28-24-21)17-14-25(15-17)20(26)13-7-10-16-8-3-2-4-9-16/h2-6,8-9,11-12,17H,7,10,13-15H2,1H3. The molecule has 1 fully saturated rings. The Morgan fingerprint density at radius 3 is 2.68 bits per heavy atom. The zero-order valence-corrected chi connectivity index (χ0v) is 15.9. The van der Waals surface area contributed by atoms with Crippen molar-refractivity contribution in [1.29, 1.82) is 0 Å². The molecule has 6 heteroatoms. The molecule has 144 valence electrons. The van der Waals surface area contributed by atoms with Gasteiger partial charge in [-0.25, -0.2) is 0 Å². The molecule has 0 unspecified atom stereocenters. The number of para-hydroxylation sites is 1. The van der Waals surface area contributed by atoms with Crippen LogP contribution in [0.2, 0.25) is 0 Å². The van der Waals surface area contributed by atoms with Crippen LogP contribution in [0, 0.1) is 0 Å². The molecule has 3 aromatic rings. The zero-order chi connectivity index (χ0) is 19.3. The van der Waals surface area contributed by atoms with Crippen molar-refractivity contribution in [2.75, 3.05) is 20.2 Å². The minimum absolute atomic E-state index is 0.106. The number of amides is 1. The summed E-state index contributed by atoms with van der Waals surface area (Å²) in [5, 5.41) is 4.08. The number of nitrogens with zero attached hydrogens (tertiary/aromatic N) is 3. The molecule has 2 heterocycles. The highest BCUT2D eigenvalue weighted by Gasteiger charge is 2.35. The van der Waals surface area contributed by atoms with E-state index in [9.17, 15) is 4.79 Å². The van der Waals surface area contributed by atoms with E-state index in [4.69, 9.17) is 9.26 Å². The Hall–Kier alpha value is -3.15. The summed E-state index contributed by atoms with van der Waals surface area (Å²) in [4.78, 5) is 18.7. The first-order chi connectivity index (χ1) is 13.7. The smallest absolute Gasteiger partial charge is 0.233 e. The maximum atomic E-state index is 12.3. The number of methoxy groups -OCH3 is 1. The van der Waals surface area contributed by atoms with Gasteiger partial charge in [0.25, 0.3) is 0 Å². The highest BCUT2D eigenvalue weighted by atomic mass is 16.5. The summed E-state index contributed by atoms with van der Waals surface area (Å²) < 4.78 is 10.8. The SMILES string of the molecule is COc1ccccc1-c1noc(C2CN(C(=O)CCCc3ccccc3)C2)n1. The van der Waals surface area contributed by atoms with Crippen LogP contribution in [0.1, 0.15) is 30.2 Å². The van der Waals surface area contributed by atoms with Crippen LogP contribution < -0.4 is 4.74 Å². The molecule has 1 amide bonds. The van der Waals surface area contributed by atoms with Gasteiger partial charge in [0.2, 0.25) is 17.6 Å². The first kappa shape index (κ1) is 18.2. The van der Waals surface area contributed by atoms with E-state index in [2.05, 4.69) is 22.3 Å². The third kappa shape index (κ3) is 3.91. The first-order valence-corrected chi connectivity index (χ1v) is 9.53. The fourth-order valence-corrected chi connectivity index (χ4v) is 3.42. The molecular formula is C22H23N3O3. The molecule has 1 aliphatic heterocycles. The van der Waals surface area contributed by atoms with E-state index in [1.165, 1.54) is 5.56 Å². The van der Waals surface area contributed by atoms with Crippen LogP contribution in [0.25, 0.3) is 11.4 Å². The van der Waals surface area contributed by atoms with Crippen LogP contribution in [0.5, 0.6) is 5.75 Å². The Balaban J connectivity index is 1.28. The van der Waals surface area contributed by atoms with Crippen LogP contribution in [0.4, 0.5) is 0 Å². The lowest BCUT2D eigenvalue weighted by molar-refractivity contribution is -0.136. The number of hydrogen-bond donors (Lipinski definition) is 0. The minimum atomic E-state index is 0.106. The first-order valence-electron chi connectivity index (χ1n) is 9.53. The van der Waals surface area contributed by atoms with Gasteiger partial charge in [-0.15, -0.1) is 0 Å². The summed E-state index contributed by atoms with van der Waals surface area (Å²) >= 11 is 0. The maximum absolute atomic E-state index is 12.3. The normalized spacial score (nSPS) is 14.0. The van der Waals surface area contributed by atoms with E-state index in [1.54, 1.807) is 7.11 Å². The molecule has 1 aromatic heterocycles. The second kappa shape index (κ2) is 8.25. The van der Waals surface area contributed by atoms with Crippen LogP contribution in [0.15, 0.2) is 59.1 Å². The van der Waals surface area contributed by atoms with Crippen LogP contribution in [-0.2, 0) is 11.2 Å². The highest BCUT2D eigenvalue weighted by Crippen LogP contribution is 2.31. The van der Waals surface area contributed by atoms with Crippen molar-refractivity contribution in [2.45, 2.75) is 25.2 Å². The molecule has 0 saturated carbocycles. The van der Waals surface area contributed by atoms with Crippen molar-refractivity contribution < 1.29 is 14.1 Å². The van der Waals surface area contributed by atoms with E-state index >= 15 is 0 Å². The molecule has 28 heavy (non-hydrogen) atoms. The average Bonchev–Trinajstić information content (AvgIpc) is 3.17. The van der Waals surface area contributed by atoms with Crippen LogP contribution in [-0.4, -0.2) is 41.1 Å². The molecule has 0 bridgehead atoms. The predicted molar refractivity (Wildman–Crippen MR) is 105 cm³/mol. The van der Waals surface area contributed by atoms with E-state index < -0.39 is 0 Å². The molecular weight excluding hydrogens is 354 g/mol. The number of hydrogen-bond acceptors (Lipinski definition) is 5. The number of aromatic nitrogens is 2. The van der Waals surface area contributed by atoms with Crippen LogP contribution >= 0.6 is 0 Å². The average molecular weight is 377 g/mol. The fraction of sp³-hybridized carbons (Fsp3) is 0.318. The van der Waals surface area contributed by atoms with Gasteiger partial charge in [0.15, 0.2) is 0 Å². The van der Waals surface area contributed by atoms with Crippen molar-refractivity contribution >= 4 is 5.91 Å². The summed E-state index contributed by atoms with van der Waals surface area (Å²) in [6.07, 6.45) is 2.36. The minimum Gasteiger partial charge on any atom is -0.496 e. The van der Waals surface area contributed by atoms with Gasteiger partial charge in [-0.1, -0.05) is 47.6 Å². The number of carbonyl (C=O) groups excluding carboxylic acids is 1. The third-order valence-corrected chi connectivity index (χ3v) is 5.07. The lowest BCUT2D eigenvalue weighted by atomic mass is 9.99. The number of aryl methyl sites for hydroxylation is 1. The van der Waals surface area contributed by atoms with Gasteiger partial charge in [0.1, 0.15) is 5.75 Å². The van der Waals surface area contributed by atoms with Crippen LogP contribution in [0.3, 0.4) is 0 Å². The molecule has 0 N–H and O–H groups in total. The van der Waals surface area contributed by atoms with Gasteiger partial charge >= 0.3 is 0 Å². The van der Waals surface area contributed by atoms with Crippen molar-refractivity contribution in [2.24, 2.45) is 0 Å². The Labute approximate surface area is 164 Å². The van der Waals surface area contributed by atoms with Crippen molar-refractivity contribution in [3.63, 3.8) is 0 Å². The lowest BCUT2D eigenvalue weighted by Crippen LogP contribution is -2.48. The molecule has 0 aliphatic carbocycles.